The maximum absolute atomic E-state index is 13.0. The van der Waals surface area contributed by atoms with Crippen LogP contribution in [0.3, 0.4) is 0 Å². The van der Waals surface area contributed by atoms with Crippen LogP contribution in [0.15, 0.2) is 0 Å². The predicted molar refractivity (Wildman–Crippen MR) is 372 cm³/mol. The minimum atomic E-state index is -4.95. The van der Waals surface area contributed by atoms with Gasteiger partial charge in [0.05, 0.1) is 26.4 Å². The molecule has 0 aromatic carbocycles. The Morgan fingerprint density at radius 1 is 0.272 bits per heavy atom. The van der Waals surface area contributed by atoms with Crippen molar-refractivity contribution in [1.82, 2.24) is 0 Å². The quantitative estimate of drug-likeness (QED) is 0.0222. The van der Waals surface area contributed by atoms with Crippen LogP contribution >= 0.6 is 15.6 Å². The van der Waals surface area contributed by atoms with E-state index in [0.29, 0.717) is 37.5 Å². The third-order valence-corrected chi connectivity index (χ3v) is 18.7. The van der Waals surface area contributed by atoms with Crippen molar-refractivity contribution in [2.45, 2.75) is 382 Å². The van der Waals surface area contributed by atoms with E-state index in [9.17, 15) is 43.2 Å². The molecule has 0 fully saturated rings. The van der Waals surface area contributed by atoms with Crippen LogP contribution in [0.25, 0.3) is 0 Å². The number of aliphatic hydroxyl groups is 1. The number of phosphoric ester groups is 2. The molecule has 0 amide bonds. The van der Waals surface area contributed by atoms with Crippen molar-refractivity contribution in [3.05, 3.63) is 0 Å². The first-order chi connectivity index (χ1) is 44.1. The molecule has 92 heavy (non-hydrogen) atoms. The Hall–Kier alpha value is -1.94. The van der Waals surface area contributed by atoms with Crippen LogP contribution in [-0.4, -0.2) is 96.7 Å². The van der Waals surface area contributed by atoms with Crippen molar-refractivity contribution in [2.24, 2.45) is 23.7 Å². The fraction of sp³-hybridized carbons (Fsp3) is 0.945. The summed E-state index contributed by atoms with van der Waals surface area (Å²) in [6, 6.07) is 0. The number of carbonyl (C=O) groups excluding carboxylic acids is 4. The Bertz CT molecular complexity index is 1820. The number of phosphoric acid groups is 2. The fourth-order valence-electron chi connectivity index (χ4n) is 11.0. The Kier molecular flexibility index (Phi) is 61.3. The lowest BCUT2D eigenvalue weighted by molar-refractivity contribution is -0.161. The summed E-state index contributed by atoms with van der Waals surface area (Å²) in [4.78, 5) is 72.6. The van der Waals surface area contributed by atoms with Crippen LogP contribution in [-0.2, 0) is 65.4 Å². The molecule has 0 radical (unpaired) electrons. The van der Waals surface area contributed by atoms with Gasteiger partial charge in [0.2, 0.25) is 0 Å². The van der Waals surface area contributed by atoms with Gasteiger partial charge in [-0.25, -0.2) is 9.13 Å². The second kappa shape index (κ2) is 62.6. The third-order valence-electron chi connectivity index (χ3n) is 16.8. The number of esters is 4. The lowest BCUT2D eigenvalue weighted by atomic mass is 10.0. The molecule has 0 saturated heterocycles. The van der Waals surface area contributed by atoms with Gasteiger partial charge in [-0.3, -0.25) is 37.3 Å². The topological polar surface area (TPSA) is 237 Å². The average molecular weight is 1350 g/mol. The Labute approximate surface area is 562 Å². The second-order valence-electron chi connectivity index (χ2n) is 28.2. The van der Waals surface area contributed by atoms with E-state index in [1.165, 1.54) is 154 Å². The van der Waals surface area contributed by atoms with E-state index >= 15 is 0 Å². The molecule has 0 saturated carbocycles. The monoisotopic (exact) mass is 1350 g/mol. The molecular weight excluding hydrogens is 1210 g/mol. The second-order valence-corrected chi connectivity index (χ2v) is 31.1. The minimum Gasteiger partial charge on any atom is -0.462 e. The minimum absolute atomic E-state index is 0.105. The molecule has 0 aliphatic carbocycles. The zero-order valence-corrected chi connectivity index (χ0v) is 62.0. The van der Waals surface area contributed by atoms with Crippen molar-refractivity contribution < 1.29 is 80.2 Å². The van der Waals surface area contributed by atoms with Crippen LogP contribution in [0.2, 0.25) is 0 Å². The molecule has 0 aromatic rings. The maximum Gasteiger partial charge on any atom is 0.472 e. The summed E-state index contributed by atoms with van der Waals surface area (Å²) < 4.78 is 68.3. The average Bonchev–Trinajstić information content (AvgIpc) is 2.77. The maximum atomic E-state index is 13.0. The summed E-state index contributed by atoms with van der Waals surface area (Å²) >= 11 is 0. The molecule has 546 valence electrons. The van der Waals surface area contributed by atoms with Crippen molar-refractivity contribution >= 4 is 39.5 Å². The number of hydrogen-bond acceptors (Lipinski definition) is 15. The number of ether oxygens (including phenoxy) is 4. The molecule has 17 nitrogen and oxygen atoms in total. The van der Waals surface area contributed by atoms with Gasteiger partial charge in [-0.15, -0.1) is 0 Å². The summed E-state index contributed by atoms with van der Waals surface area (Å²) in [6.45, 7) is 14.1. The Morgan fingerprint density at radius 3 is 0.674 bits per heavy atom. The molecule has 0 spiro atoms. The van der Waals surface area contributed by atoms with Crippen LogP contribution in [0, 0.1) is 23.7 Å². The zero-order chi connectivity index (χ0) is 68.2. The standard InChI is InChI=1S/C73H142O17P2/c1-63(2)49-41-33-25-20-16-13-11-9-10-12-14-18-22-28-39-47-55-72(77)90-69(60-84-71(76)54-46-38-32-31-36-44-52-66(7)8)62-88-92(81,82)86-58-67(74)57-85-91(79,80)87-61-68(59-83-70(75)53-45-37-30-24-27-35-43-51-65(5)6)89-73(78)56-48-40-29-23-19-15-17-21-26-34-42-50-64(3)4/h63-69,74H,9-62H2,1-8H3,(H,79,80)(H,81,82)/t67?,68-,69-/m1/s1. The molecular formula is C73H142O17P2. The lowest BCUT2D eigenvalue weighted by Crippen LogP contribution is -2.30. The predicted octanol–water partition coefficient (Wildman–Crippen LogP) is 20.9. The molecule has 0 rings (SSSR count). The lowest BCUT2D eigenvalue weighted by Gasteiger charge is -2.21. The first-order valence-corrected chi connectivity index (χ1v) is 40.7. The van der Waals surface area contributed by atoms with Gasteiger partial charge in [-0.1, -0.05) is 312 Å². The first-order valence-electron chi connectivity index (χ1n) is 37.7. The number of rotatable bonds is 70. The van der Waals surface area contributed by atoms with Crippen LogP contribution in [0.4, 0.5) is 0 Å². The van der Waals surface area contributed by atoms with Crippen LogP contribution in [0.5, 0.6) is 0 Å². The van der Waals surface area contributed by atoms with Crippen molar-refractivity contribution in [2.75, 3.05) is 39.6 Å². The summed E-state index contributed by atoms with van der Waals surface area (Å²) in [5.41, 5.74) is 0. The van der Waals surface area contributed by atoms with Gasteiger partial charge in [0.25, 0.3) is 0 Å². The fourth-order valence-corrected chi connectivity index (χ4v) is 12.6. The highest BCUT2D eigenvalue weighted by molar-refractivity contribution is 7.47. The summed E-state index contributed by atoms with van der Waals surface area (Å²) in [7, 11) is -9.91. The van der Waals surface area contributed by atoms with Crippen molar-refractivity contribution in [3.63, 3.8) is 0 Å². The smallest absolute Gasteiger partial charge is 0.462 e. The van der Waals surface area contributed by atoms with E-state index < -0.39 is 97.5 Å². The first kappa shape index (κ1) is 90.1. The number of unbranched alkanes of at least 4 members (excludes halogenated alkanes) is 36. The summed E-state index contributed by atoms with van der Waals surface area (Å²) in [6.07, 6.45) is 46.1. The number of aliphatic hydroxyl groups excluding tert-OH is 1. The van der Waals surface area contributed by atoms with Gasteiger partial charge < -0.3 is 33.8 Å². The largest absolute Gasteiger partial charge is 0.472 e. The third kappa shape index (κ3) is 66.7. The highest BCUT2D eigenvalue weighted by atomic mass is 31.2. The van der Waals surface area contributed by atoms with Gasteiger partial charge in [0.1, 0.15) is 19.3 Å². The van der Waals surface area contributed by atoms with E-state index in [0.717, 1.165) is 115 Å². The molecule has 0 bridgehead atoms. The molecule has 19 heteroatoms. The van der Waals surface area contributed by atoms with E-state index in [1.54, 1.807) is 0 Å². The highest BCUT2D eigenvalue weighted by Gasteiger charge is 2.30. The normalized spacial score (nSPS) is 14.2. The Morgan fingerprint density at radius 2 is 0.457 bits per heavy atom. The van der Waals surface area contributed by atoms with Gasteiger partial charge in [0.15, 0.2) is 12.2 Å². The molecule has 3 N–H and O–H groups in total. The summed E-state index contributed by atoms with van der Waals surface area (Å²) in [5, 5.41) is 10.6. The van der Waals surface area contributed by atoms with Crippen LogP contribution < -0.4 is 0 Å². The van der Waals surface area contributed by atoms with E-state index in [4.69, 9.17) is 37.0 Å². The highest BCUT2D eigenvalue weighted by Crippen LogP contribution is 2.45. The van der Waals surface area contributed by atoms with E-state index in [-0.39, 0.29) is 25.7 Å². The van der Waals surface area contributed by atoms with E-state index in [2.05, 4.69) is 55.4 Å². The molecule has 0 aliphatic heterocycles. The van der Waals surface area contributed by atoms with Gasteiger partial charge >= 0.3 is 39.5 Å². The molecule has 0 aromatic heterocycles. The number of hydrogen-bond donors (Lipinski definition) is 3. The van der Waals surface area contributed by atoms with Gasteiger partial charge in [-0.05, 0) is 49.4 Å². The summed E-state index contributed by atoms with van der Waals surface area (Å²) in [5.74, 6) is 0.831. The molecule has 3 unspecified atom stereocenters. The van der Waals surface area contributed by atoms with E-state index in [1.807, 2.05) is 0 Å². The van der Waals surface area contributed by atoms with Crippen molar-refractivity contribution in [1.29, 1.82) is 0 Å². The van der Waals surface area contributed by atoms with Gasteiger partial charge in [0, 0.05) is 25.7 Å². The molecule has 0 heterocycles. The number of carbonyl (C=O) groups is 4. The Balaban J connectivity index is 5.19. The SMILES string of the molecule is CC(C)CCCCCCCCCCCCCCCCCCC(=O)O[C@H](COC(=O)CCCCCCCCC(C)C)COP(=O)(O)OCC(O)COP(=O)(O)OC[C@@H](COC(=O)CCCCCCCCCC(C)C)OC(=O)CCCCCCCCCCCCCC(C)C. The molecule has 5 atom stereocenters. The van der Waals surface area contributed by atoms with Crippen LogP contribution in [0.1, 0.15) is 364 Å². The van der Waals surface area contributed by atoms with Crippen molar-refractivity contribution in [3.8, 4) is 0 Å². The zero-order valence-electron chi connectivity index (χ0n) is 60.2. The molecule has 0 aliphatic rings. The van der Waals surface area contributed by atoms with Gasteiger partial charge in [-0.2, -0.15) is 0 Å².